The van der Waals surface area contributed by atoms with Crippen LogP contribution < -0.4 is 0 Å². The molecule has 0 radical (unpaired) electrons. The molecule has 0 amide bonds. The van der Waals surface area contributed by atoms with E-state index >= 15 is 0 Å². The maximum atomic E-state index is 10.4. The van der Waals surface area contributed by atoms with E-state index in [0.717, 1.165) is 11.2 Å². The number of carbonyl (C=O) groups excluding carboxylic acids is 1. The summed E-state index contributed by atoms with van der Waals surface area (Å²) in [5, 5.41) is 0.453. The number of ether oxygens (including phenoxy) is 2. The summed E-state index contributed by atoms with van der Waals surface area (Å²) in [6, 6.07) is 0. The second-order valence-electron chi connectivity index (χ2n) is 2.81. The number of nitrogens with zero attached hydrogens (tertiary/aromatic N) is 1. The normalized spacial score (nSPS) is 31.7. The molecule has 1 aliphatic rings. The topological polar surface area (TPSA) is 51.7 Å². The summed E-state index contributed by atoms with van der Waals surface area (Å²) in [5.74, 6) is -0.640. The third-order valence-electron chi connectivity index (χ3n) is 2.10. The van der Waals surface area contributed by atoms with Gasteiger partial charge in [-0.25, -0.2) is 4.98 Å². The molecule has 0 aromatic carbocycles. The number of hydrogen-bond acceptors (Lipinski definition) is 5. The van der Waals surface area contributed by atoms with Crippen molar-refractivity contribution < 1.29 is 14.3 Å². The fourth-order valence-electron chi connectivity index (χ4n) is 1.30. The van der Waals surface area contributed by atoms with E-state index in [1.54, 1.807) is 13.3 Å². The molecule has 70 valence electrons. The van der Waals surface area contributed by atoms with Gasteiger partial charge >= 0.3 is 0 Å². The van der Waals surface area contributed by atoms with Gasteiger partial charge in [-0.1, -0.05) is 0 Å². The fourth-order valence-corrected chi connectivity index (χ4v) is 2.23. The standard InChI is InChI=1S/C8H9NO3S/c1-5-8(11-2,12-5)6-3-9-7(4-10)13-6/h3-5H,1-2H3. The Balaban J connectivity index is 2.30. The lowest BCUT2D eigenvalue weighted by Gasteiger charge is -2.05. The molecule has 0 aliphatic carbocycles. The Hall–Kier alpha value is -0.780. The van der Waals surface area contributed by atoms with Gasteiger partial charge in [-0.3, -0.25) is 4.79 Å². The minimum Gasteiger partial charge on any atom is -0.347 e. The van der Waals surface area contributed by atoms with E-state index in [4.69, 9.17) is 9.47 Å². The van der Waals surface area contributed by atoms with Gasteiger partial charge in [0.2, 0.25) is 5.79 Å². The second kappa shape index (κ2) is 2.87. The van der Waals surface area contributed by atoms with Crippen LogP contribution in [0.5, 0.6) is 0 Å². The Morgan fingerprint density at radius 3 is 2.92 bits per heavy atom. The van der Waals surface area contributed by atoms with Crippen molar-refractivity contribution in [2.24, 2.45) is 0 Å². The first-order chi connectivity index (χ1) is 6.23. The average Bonchev–Trinajstić information content (AvgIpc) is 2.65. The molecule has 5 heteroatoms. The molecule has 1 aromatic heterocycles. The Labute approximate surface area is 79.5 Å². The molecule has 1 aliphatic heterocycles. The van der Waals surface area contributed by atoms with Gasteiger partial charge in [0.25, 0.3) is 0 Å². The van der Waals surface area contributed by atoms with Crippen molar-refractivity contribution in [3.05, 3.63) is 16.1 Å². The monoisotopic (exact) mass is 199 g/mol. The number of rotatable bonds is 3. The molecule has 1 fully saturated rings. The van der Waals surface area contributed by atoms with Crippen LogP contribution in [-0.2, 0) is 15.3 Å². The SMILES string of the molecule is COC1(c2cnc(C=O)s2)OC1C. The van der Waals surface area contributed by atoms with E-state index in [0.29, 0.717) is 5.01 Å². The summed E-state index contributed by atoms with van der Waals surface area (Å²) in [6.07, 6.45) is 2.39. The van der Waals surface area contributed by atoms with Gasteiger partial charge in [-0.05, 0) is 6.92 Å². The molecule has 4 nitrogen and oxygen atoms in total. The van der Waals surface area contributed by atoms with Crippen LogP contribution >= 0.6 is 11.3 Å². The van der Waals surface area contributed by atoms with Crippen LogP contribution in [0.15, 0.2) is 6.20 Å². The van der Waals surface area contributed by atoms with E-state index in [1.807, 2.05) is 6.92 Å². The molecule has 0 spiro atoms. The predicted molar refractivity (Wildman–Crippen MR) is 46.7 cm³/mol. The molecule has 13 heavy (non-hydrogen) atoms. The summed E-state index contributed by atoms with van der Waals surface area (Å²) < 4.78 is 10.6. The molecule has 2 atom stereocenters. The zero-order valence-corrected chi connectivity index (χ0v) is 8.13. The summed E-state index contributed by atoms with van der Waals surface area (Å²) >= 11 is 1.30. The van der Waals surface area contributed by atoms with E-state index < -0.39 is 5.79 Å². The fraction of sp³-hybridized carbons (Fsp3) is 0.500. The summed E-state index contributed by atoms with van der Waals surface area (Å²) in [5.41, 5.74) is 0. The van der Waals surface area contributed by atoms with Crippen molar-refractivity contribution >= 4 is 17.6 Å². The second-order valence-corrected chi connectivity index (χ2v) is 3.87. The summed E-state index contributed by atoms with van der Waals surface area (Å²) in [7, 11) is 1.59. The maximum Gasteiger partial charge on any atom is 0.233 e. The van der Waals surface area contributed by atoms with E-state index in [-0.39, 0.29) is 6.10 Å². The Morgan fingerprint density at radius 2 is 2.54 bits per heavy atom. The van der Waals surface area contributed by atoms with Gasteiger partial charge in [0, 0.05) is 13.3 Å². The quantitative estimate of drug-likeness (QED) is 0.541. The van der Waals surface area contributed by atoms with E-state index in [2.05, 4.69) is 4.98 Å². The molecular formula is C8H9NO3S. The van der Waals surface area contributed by atoms with Gasteiger partial charge in [-0.15, -0.1) is 11.3 Å². The van der Waals surface area contributed by atoms with E-state index in [9.17, 15) is 4.79 Å². The summed E-state index contributed by atoms with van der Waals surface area (Å²) in [6.45, 7) is 1.92. The van der Waals surface area contributed by atoms with Crippen LogP contribution in [0, 0.1) is 0 Å². The highest BCUT2D eigenvalue weighted by atomic mass is 32.1. The van der Waals surface area contributed by atoms with E-state index in [1.165, 1.54) is 11.3 Å². The molecular weight excluding hydrogens is 190 g/mol. The zero-order valence-electron chi connectivity index (χ0n) is 7.31. The van der Waals surface area contributed by atoms with Crippen LogP contribution in [0.1, 0.15) is 21.6 Å². The molecule has 2 rings (SSSR count). The number of carbonyl (C=O) groups is 1. The zero-order chi connectivity index (χ0) is 9.47. The first kappa shape index (κ1) is 8.80. The maximum absolute atomic E-state index is 10.4. The lowest BCUT2D eigenvalue weighted by Crippen LogP contribution is -2.11. The highest BCUT2D eigenvalue weighted by Crippen LogP contribution is 2.48. The van der Waals surface area contributed by atoms with Crippen LogP contribution in [0.3, 0.4) is 0 Å². The lowest BCUT2D eigenvalue weighted by atomic mass is 10.2. The van der Waals surface area contributed by atoms with Crippen LogP contribution in [0.2, 0.25) is 0 Å². The first-order valence-electron chi connectivity index (χ1n) is 3.87. The smallest absolute Gasteiger partial charge is 0.233 e. The molecule has 2 heterocycles. The van der Waals surface area contributed by atoms with Crippen molar-refractivity contribution in [3.63, 3.8) is 0 Å². The first-order valence-corrected chi connectivity index (χ1v) is 4.69. The Bertz CT molecular complexity index is 334. The van der Waals surface area contributed by atoms with Crippen LogP contribution in [0.4, 0.5) is 0 Å². The van der Waals surface area contributed by atoms with Gasteiger partial charge < -0.3 is 9.47 Å². The largest absolute Gasteiger partial charge is 0.347 e. The highest BCUT2D eigenvalue weighted by molar-refractivity contribution is 7.13. The van der Waals surface area contributed by atoms with Crippen molar-refractivity contribution in [1.82, 2.24) is 4.98 Å². The van der Waals surface area contributed by atoms with Crippen LogP contribution in [0.25, 0.3) is 0 Å². The molecule has 0 N–H and O–H groups in total. The third kappa shape index (κ3) is 1.20. The number of aromatic nitrogens is 1. The molecule has 2 unspecified atom stereocenters. The number of methoxy groups -OCH3 is 1. The number of epoxide rings is 1. The van der Waals surface area contributed by atoms with Gasteiger partial charge in [0.1, 0.15) is 6.10 Å². The third-order valence-corrected chi connectivity index (χ3v) is 3.12. The van der Waals surface area contributed by atoms with Crippen LogP contribution in [-0.4, -0.2) is 24.5 Å². The minimum atomic E-state index is -0.640. The number of hydrogen-bond donors (Lipinski definition) is 0. The minimum absolute atomic E-state index is 0.0393. The van der Waals surface area contributed by atoms with Gasteiger partial charge in [0.15, 0.2) is 11.3 Å². The number of thiazole rings is 1. The molecule has 0 bridgehead atoms. The average molecular weight is 199 g/mol. The Kier molecular flexibility index (Phi) is 1.94. The van der Waals surface area contributed by atoms with Crippen molar-refractivity contribution in [2.45, 2.75) is 18.8 Å². The van der Waals surface area contributed by atoms with Crippen molar-refractivity contribution in [3.8, 4) is 0 Å². The summed E-state index contributed by atoms with van der Waals surface area (Å²) in [4.78, 5) is 15.2. The molecule has 0 saturated carbocycles. The molecule has 1 saturated heterocycles. The van der Waals surface area contributed by atoms with Gasteiger partial charge in [-0.2, -0.15) is 0 Å². The highest BCUT2D eigenvalue weighted by Gasteiger charge is 2.57. The lowest BCUT2D eigenvalue weighted by molar-refractivity contribution is -0.0114. The molecule has 1 aromatic rings. The van der Waals surface area contributed by atoms with Crippen molar-refractivity contribution in [2.75, 3.05) is 7.11 Å². The number of aldehydes is 1. The van der Waals surface area contributed by atoms with Crippen molar-refractivity contribution in [1.29, 1.82) is 0 Å². The predicted octanol–water partition coefficient (Wildman–Crippen LogP) is 1.17. The van der Waals surface area contributed by atoms with Gasteiger partial charge in [0.05, 0.1) is 4.88 Å². The Morgan fingerprint density at radius 1 is 1.85 bits per heavy atom.